The van der Waals surface area contributed by atoms with Gasteiger partial charge < -0.3 is 29.0 Å². The molecule has 1 aliphatic heterocycles. The first-order valence-electron chi connectivity index (χ1n) is 22.7. The third-order valence-electron chi connectivity index (χ3n) is 12.3. The summed E-state index contributed by atoms with van der Waals surface area (Å²) in [5.74, 6) is -0.266. The van der Waals surface area contributed by atoms with Crippen LogP contribution in [-0.4, -0.2) is 88.0 Å². The molecule has 2 N–H and O–H groups in total. The molecule has 0 fully saturated rings. The van der Waals surface area contributed by atoms with E-state index in [0.717, 1.165) is 88.1 Å². The van der Waals surface area contributed by atoms with E-state index in [1.54, 1.807) is 0 Å². The Balaban J connectivity index is 1.03. The molecular weight excluding hydrogens is 846 g/mol. The minimum absolute atomic E-state index is 0.0479. The Kier molecular flexibility index (Phi) is 16.2. The molecule has 2 heterocycles. The fourth-order valence-electron chi connectivity index (χ4n) is 9.22. The minimum atomic E-state index is -4.09. The van der Waals surface area contributed by atoms with Crippen LogP contribution in [-0.2, 0) is 41.1 Å². The molecule has 64 heavy (non-hydrogen) atoms. The monoisotopic (exact) mass is 907 g/mol. The first-order valence-corrected chi connectivity index (χ1v) is 24.7. The van der Waals surface area contributed by atoms with Crippen LogP contribution in [0.15, 0.2) is 108 Å². The van der Waals surface area contributed by atoms with Gasteiger partial charge in [0.15, 0.2) is 0 Å². The normalized spacial score (nSPS) is 16.9. The lowest BCUT2D eigenvalue weighted by Crippen LogP contribution is -2.40. The Morgan fingerprint density at radius 1 is 0.812 bits per heavy atom. The second kappa shape index (κ2) is 22.0. The van der Waals surface area contributed by atoms with E-state index in [4.69, 9.17) is 25.8 Å². The fraction of sp³-hybridized carbons (Fsp3) is 0.404. The molecule has 1 aromatic heterocycles. The average Bonchev–Trinajstić information content (AvgIpc) is 3.81. The van der Waals surface area contributed by atoms with Crippen molar-refractivity contribution in [2.24, 2.45) is 0 Å². The molecule has 5 aromatic rings. The Morgan fingerprint density at radius 2 is 1.52 bits per heavy atom. The van der Waals surface area contributed by atoms with Gasteiger partial charge in [0.2, 0.25) is 5.91 Å². The highest BCUT2D eigenvalue weighted by molar-refractivity contribution is 7.85. The standard InChI is InChI=1S/C52H62ClN3O7S/c1-4-31-61-33-35-63-36-34-62-32-28-54-49(57)23-6-5-11-29-56-46-21-10-9-20-44(46)52(2,3)48(56)27-25-42-40-18-8-7-17-39(40)41(51(42)53)24-26-45-43-19-12-15-38-16-13-22-47(50(38)43)55(45)30-14-37-64(58,59)60/h7-10,12-13,15-22,24-27,48H,4-6,11,14,23,28-37H2,1-3H3,(H,54,57)(H,58,59,60)/b27-25+,41-24+,45-26+. The number of rotatable bonds is 24. The summed E-state index contributed by atoms with van der Waals surface area (Å²) in [6, 6.07) is 29.4. The van der Waals surface area contributed by atoms with E-state index < -0.39 is 10.1 Å². The summed E-state index contributed by atoms with van der Waals surface area (Å²) in [5.41, 5.74) is 7.39. The number of aryl methyl sites for hydroxylation is 1. The largest absolute Gasteiger partial charge is 0.379 e. The second-order valence-corrected chi connectivity index (χ2v) is 19.1. The van der Waals surface area contributed by atoms with Crippen molar-refractivity contribution in [3.8, 4) is 0 Å². The van der Waals surface area contributed by atoms with E-state index in [9.17, 15) is 17.8 Å². The lowest BCUT2D eigenvalue weighted by molar-refractivity contribution is -0.121. The number of fused-ring (bicyclic) bond motifs is 2. The molecule has 1 aliphatic carbocycles. The number of nitrogens with one attached hydrogen (secondary N) is 1. The zero-order valence-corrected chi connectivity index (χ0v) is 38.9. The number of ether oxygens (including phenoxy) is 3. The maximum absolute atomic E-state index is 12.6. The number of halogens is 1. The van der Waals surface area contributed by atoms with E-state index in [0.29, 0.717) is 57.6 Å². The first-order chi connectivity index (χ1) is 31.0. The van der Waals surface area contributed by atoms with Gasteiger partial charge in [-0.2, -0.15) is 8.42 Å². The predicted octanol–water partition coefficient (Wildman–Crippen LogP) is 9.48. The van der Waals surface area contributed by atoms with Gasteiger partial charge in [0.25, 0.3) is 10.1 Å². The molecule has 4 aromatic carbocycles. The molecule has 1 unspecified atom stereocenters. The average molecular weight is 909 g/mol. The molecule has 0 saturated heterocycles. The van der Waals surface area contributed by atoms with E-state index in [1.165, 1.54) is 11.3 Å². The number of anilines is 1. The number of nitrogens with zero attached hydrogens (tertiary/aromatic N) is 2. The molecule has 0 spiro atoms. The number of para-hydroxylation sites is 1. The molecule has 0 saturated carbocycles. The van der Waals surface area contributed by atoms with Gasteiger partial charge in [-0.25, -0.2) is 0 Å². The molecule has 1 amide bonds. The van der Waals surface area contributed by atoms with Gasteiger partial charge >= 0.3 is 0 Å². The topological polar surface area (TPSA) is 119 Å². The summed E-state index contributed by atoms with van der Waals surface area (Å²) in [4.78, 5) is 15.1. The Bertz CT molecular complexity index is 2660. The highest BCUT2D eigenvalue weighted by Gasteiger charge is 2.42. The van der Waals surface area contributed by atoms with Crippen molar-refractivity contribution < 1.29 is 32.0 Å². The van der Waals surface area contributed by atoms with Gasteiger partial charge in [0, 0.05) is 76.5 Å². The van der Waals surface area contributed by atoms with Crippen LogP contribution in [0.5, 0.6) is 0 Å². The zero-order valence-electron chi connectivity index (χ0n) is 37.4. The number of hydrogen-bond donors (Lipinski definition) is 2. The highest BCUT2D eigenvalue weighted by atomic mass is 35.5. The van der Waals surface area contributed by atoms with Gasteiger partial charge in [0.05, 0.1) is 49.9 Å². The van der Waals surface area contributed by atoms with E-state index in [1.807, 2.05) is 24.3 Å². The van der Waals surface area contributed by atoms with Crippen LogP contribution >= 0.6 is 11.6 Å². The number of unbranched alkanes of at least 4 members (excludes halogenated alkanes) is 2. The predicted molar refractivity (Wildman–Crippen MR) is 261 cm³/mol. The van der Waals surface area contributed by atoms with Crippen molar-refractivity contribution in [1.82, 2.24) is 9.88 Å². The quantitative estimate of drug-likeness (QED) is 0.0465. The molecule has 7 rings (SSSR count). The zero-order chi connectivity index (χ0) is 45.1. The summed E-state index contributed by atoms with van der Waals surface area (Å²) in [6.07, 6.45) is 13.1. The third kappa shape index (κ3) is 11.2. The summed E-state index contributed by atoms with van der Waals surface area (Å²) in [5, 5.41) is 7.89. The number of carbonyl (C=O) groups excluding carboxylic acids is 1. The number of carbonyl (C=O) groups is 1. The van der Waals surface area contributed by atoms with Crippen LogP contribution in [0.2, 0.25) is 0 Å². The first kappa shape index (κ1) is 47.2. The van der Waals surface area contributed by atoms with Crippen molar-refractivity contribution in [2.45, 2.75) is 77.3 Å². The van der Waals surface area contributed by atoms with Gasteiger partial charge in [-0.3, -0.25) is 9.35 Å². The molecule has 340 valence electrons. The van der Waals surface area contributed by atoms with E-state index in [2.05, 4.69) is 121 Å². The second-order valence-electron chi connectivity index (χ2n) is 17.1. The van der Waals surface area contributed by atoms with Crippen molar-refractivity contribution >= 4 is 72.2 Å². The maximum atomic E-state index is 12.6. The number of benzene rings is 4. The molecule has 0 bridgehead atoms. The van der Waals surface area contributed by atoms with Crippen LogP contribution in [0.1, 0.15) is 76.0 Å². The number of allylic oxidation sites excluding steroid dienone is 5. The van der Waals surface area contributed by atoms with Crippen LogP contribution in [0.4, 0.5) is 5.69 Å². The van der Waals surface area contributed by atoms with Crippen molar-refractivity contribution in [1.29, 1.82) is 0 Å². The summed E-state index contributed by atoms with van der Waals surface area (Å²) < 4.78 is 51.5. The lowest BCUT2D eigenvalue weighted by atomic mass is 9.80. The van der Waals surface area contributed by atoms with E-state index >= 15 is 0 Å². The van der Waals surface area contributed by atoms with E-state index in [-0.39, 0.29) is 29.5 Å². The maximum Gasteiger partial charge on any atom is 0.264 e. The van der Waals surface area contributed by atoms with Crippen molar-refractivity contribution in [3.63, 3.8) is 0 Å². The fourth-order valence-corrected chi connectivity index (χ4v) is 10.0. The van der Waals surface area contributed by atoms with Crippen molar-refractivity contribution in [3.05, 3.63) is 130 Å². The summed E-state index contributed by atoms with van der Waals surface area (Å²) in [7, 11) is -4.09. The molecule has 0 radical (unpaired) electrons. The van der Waals surface area contributed by atoms with Gasteiger partial charge in [-0.05, 0) is 66.0 Å². The Labute approximate surface area is 383 Å². The highest BCUT2D eigenvalue weighted by Crippen LogP contribution is 2.48. The van der Waals surface area contributed by atoms with Crippen molar-refractivity contribution in [2.75, 3.05) is 63.4 Å². The lowest BCUT2D eigenvalue weighted by Gasteiger charge is -2.32. The van der Waals surface area contributed by atoms with Gasteiger partial charge in [-0.15, -0.1) is 0 Å². The summed E-state index contributed by atoms with van der Waals surface area (Å²) in [6.45, 7) is 11.8. The molecule has 10 nitrogen and oxygen atoms in total. The third-order valence-corrected chi connectivity index (χ3v) is 13.5. The van der Waals surface area contributed by atoms with Gasteiger partial charge in [0.1, 0.15) is 0 Å². The smallest absolute Gasteiger partial charge is 0.264 e. The number of amides is 1. The summed E-state index contributed by atoms with van der Waals surface area (Å²) >= 11 is 7.41. The van der Waals surface area contributed by atoms with Crippen LogP contribution < -0.4 is 15.6 Å². The number of hydrogen-bond acceptors (Lipinski definition) is 7. The minimum Gasteiger partial charge on any atom is -0.379 e. The van der Waals surface area contributed by atoms with Gasteiger partial charge in [-0.1, -0.05) is 130 Å². The SMILES string of the molecule is CCCOCCOCCOCCNC(=O)CCCCCN1c2ccccc2C(C)(C)C1/C=C/C1=C(Cl)C(=C/C=c2\c3cccc4cccc(c43)n2CCCS(=O)(=O)O)/c2ccccc21. The molecular formula is C52H62ClN3O7S. The van der Waals surface area contributed by atoms with Crippen LogP contribution in [0.25, 0.3) is 38.9 Å². The number of aromatic nitrogens is 1. The molecule has 1 atom stereocenters. The molecule has 2 aliphatic rings. The Morgan fingerprint density at radius 3 is 2.28 bits per heavy atom. The molecule has 12 heteroatoms. The van der Waals surface area contributed by atoms with Crippen LogP contribution in [0.3, 0.4) is 0 Å². The Hall–Kier alpha value is -4.75. The van der Waals surface area contributed by atoms with Crippen LogP contribution in [0, 0.1) is 0 Å².